The molecule has 0 aliphatic heterocycles. The molecule has 1 atom stereocenters. The van der Waals surface area contributed by atoms with E-state index in [0.717, 1.165) is 13.0 Å². The molecule has 0 bridgehead atoms. The summed E-state index contributed by atoms with van der Waals surface area (Å²) < 4.78 is 0. The van der Waals surface area contributed by atoms with E-state index >= 15 is 0 Å². The molecule has 2 heteroatoms. The third kappa shape index (κ3) is 3.54. The minimum atomic E-state index is 0.295. The number of nitrogens with one attached hydrogen (secondary N) is 1. The molecule has 0 radical (unpaired) electrons. The normalized spacial score (nSPS) is 23.9. The summed E-state index contributed by atoms with van der Waals surface area (Å²) in [5.74, 6) is 0. The highest BCUT2D eigenvalue weighted by Gasteiger charge is 2.05. The average molecular weight is 155 g/mol. The lowest BCUT2D eigenvalue weighted by Crippen LogP contribution is -2.29. The van der Waals surface area contributed by atoms with Crippen molar-refractivity contribution in [2.24, 2.45) is 0 Å². The standard InChI is InChI=1S/C9H17NO/c11-8-4-7-10-9-5-2-1-3-6-9/h2,5,9-11H,1,3-4,6-8H2. The zero-order chi connectivity index (χ0) is 7.94. The minimum Gasteiger partial charge on any atom is -0.396 e. The van der Waals surface area contributed by atoms with Crippen molar-refractivity contribution in [2.75, 3.05) is 13.2 Å². The van der Waals surface area contributed by atoms with E-state index < -0.39 is 0 Å². The molecule has 0 saturated carbocycles. The van der Waals surface area contributed by atoms with Crippen LogP contribution in [0.15, 0.2) is 12.2 Å². The van der Waals surface area contributed by atoms with Gasteiger partial charge in [-0.05, 0) is 32.2 Å². The molecule has 0 aromatic carbocycles. The second-order valence-corrected chi connectivity index (χ2v) is 3.00. The van der Waals surface area contributed by atoms with Crippen molar-refractivity contribution >= 4 is 0 Å². The fraction of sp³-hybridized carbons (Fsp3) is 0.778. The van der Waals surface area contributed by atoms with Crippen molar-refractivity contribution in [3.63, 3.8) is 0 Å². The molecule has 1 rings (SSSR count). The summed E-state index contributed by atoms with van der Waals surface area (Å²) in [6, 6.07) is 0.565. The van der Waals surface area contributed by atoms with E-state index in [-0.39, 0.29) is 0 Å². The maximum absolute atomic E-state index is 8.54. The first-order valence-corrected chi connectivity index (χ1v) is 4.44. The predicted octanol–water partition coefficient (Wildman–Crippen LogP) is 1.07. The Labute approximate surface area is 68.3 Å². The van der Waals surface area contributed by atoms with E-state index in [9.17, 15) is 0 Å². The first-order chi connectivity index (χ1) is 5.43. The average Bonchev–Trinajstić information content (AvgIpc) is 2.07. The molecule has 0 aromatic heterocycles. The monoisotopic (exact) mass is 155 g/mol. The van der Waals surface area contributed by atoms with Crippen LogP contribution < -0.4 is 5.32 Å². The van der Waals surface area contributed by atoms with Gasteiger partial charge in [0, 0.05) is 12.6 Å². The highest BCUT2D eigenvalue weighted by atomic mass is 16.3. The Morgan fingerprint density at radius 2 is 2.45 bits per heavy atom. The molecule has 1 aliphatic rings. The summed E-state index contributed by atoms with van der Waals surface area (Å²) in [4.78, 5) is 0. The van der Waals surface area contributed by atoms with Gasteiger partial charge in [-0.1, -0.05) is 12.2 Å². The van der Waals surface area contributed by atoms with Gasteiger partial charge in [0.05, 0.1) is 0 Å². The van der Waals surface area contributed by atoms with Gasteiger partial charge < -0.3 is 10.4 Å². The molecule has 0 spiro atoms. The molecular formula is C9H17NO. The lowest BCUT2D eigenvalue weighted by Gasteiger charge is -2.17. The summed E-state index contributed by atoms with van der Waals surface area (Å²) in [5, 5.41) is 11.9. The molecule has 11 heavy (non-hydrogen) atoms. The number of hydrogen-bond donors (Lipinski definition) is 2. The molecule has 2 N–H and O–H groups in total. The van der Waals surface area contributed by atoms with Gasteiger partial charge in [-0.2, -0.15) is 0 Å². The SMILES string of the molecule is OCCCNC1C=CCCC1. The number of rotatable bonds is 4. The molecule has 0 fully saturated rings. The maximum atomic E-state index is 8.54. The molecule has 0 amide bonds. The fourth-order valence-corrected chi connectivity index (χ4v) is 1.35. The Morgan fingerprint density at radius 3 is 3.09 bits per heavy atom. The van der Waals surface area contributed by atoms with E-state index in [1.165, 1.54) is 19.3 Å². The highest BCUT2D eigenvalue weighted by Crippen LogP contribution is 2.09. The Morgan fingerprint density at radius 1 is 1.55 bits per heavy atom. The van der Waals surface area contributed by atoms with Crippen LogP contribution in [0.4, 0.5) is 0 Å². The summed E-state index contributed by atoms with van der Waals surface area (Å²) in [6.45, 7) is 1.23. The van der Waals surface area contributed by atoms with Crippen molar-refractivity contribution in [3.05, 3.63) is 12.2 Å². The van der Waals surface area contributed by atoms with E-state index in [1.54, 1.807) is 0 Å². The van der Waals surface area contributed by atoms with Gasteiger partial charge in [0.1, 0.15) is 0 Å². The third-order valence-electron chi connectivity index (χ3n) is 2.00. The van der Waals surface area contributed by atoms with Gasteiger partial charge in [-0.25, -0.2) is 0 Å². The summed E-state index contributed by atoms with van der Waals surface area (Å²) >= 11 is 0. The molecular weight excluding hydrogens is 138 g/mol. The first-order valence-electron chi connectivity index (χ1n) is 4.44. The minimum absolute atomic E-state index is 0.295. The first kappa shape index (κ1) is 8.75. The van der Waals surface area contributed by atoms with Crippen LogP contribution in [0.1, 0.15) is 25.7 Å². The Bertz CT molecular complexity index is 123. The van der Waals surface area contributed by atoms with Crippen molar-refractivity contribution in [1.29, 1.82) is 0 Å². The van der Waals surface area contributed by atoms with E-state index in [0.29, 0.717) is 12.6 Å². The van der Waals surface area contributed by atoms with Crippen LogP contribution in [0.2, 0.25) is 0 Å². The lowest BCUT2D eigenvalue weighted by atomic mass is 10.0. The Balaban J connectivity index is 2.05. The van der Waals surface area contributed by atoms with Gasteiger partial charge >= 0.3 is 0 Å². The van der Waals surface area contributed by atoms with Crippen LogP contribution in [-0.4, -0.2) is 24.3 Å². The molecule has 0 aromatic rings. The fourth-order valence-electron chi connectivity index (χ4n) is 1.35. The van der Waals surface area contributed by atoms with Gasteiger partial charge in [0.2, 0.25) is 0 Å². The van der Waals surface area contributed by atoms with Gasteiger partial charge in [0.15, 0.2) is 0 Å². The summed E-state index contributed by atoms with van der Waals surface area (Å²) in [7, 11) is 0. The van der Waals surface area contributed by atoms with Crippen LogP contribution in [0.5, 0.6) is 0 Å². The zero-order valence-corrected chi connectivity index (χ0v) is 6.92. The second-order valence-electron chi connectivity index (χ2n) is 3.00. The predicted molar refractivity (Wildman–Crippen MR) is 46.5 cm³/mol. The number of aliphatic hydroxyl groups excluding tert-OH is 1. The van der Waals surface area contributed by atoms with Crippen LogP contribution >= 0.6 is 0 Å². The van der Waals surface area contributed by atoms with Gasteiger partial charge in [-0.15, -0.1) is 0 Å². The van der Waals surface area contributed by atoms with Crippen LogP contribution in [0, 0.1) is 0 Å². The van der Waals surface area contributed by atoms with Crippen molar-refractivity contribution in [1.82, 2.24) is 5.32 Å². The van der Waals surface area contributed by atoms with Crippen molar-refractivity contribution < 1.29 is 5.11 Å². The Kier molecular flexibility index (Phi) is 4.24. The topological polar surface area (TPSA) is 32.3 Å². The molecule has 1 unspecified atom stereocenters. The van der Waals surface area contributed by atoms with Gasteiger partial charge in [0.25, 0.3) is 0 Å². The molecule has 2 nitrogen and oxygen atoms in total. The lowest BCUT2D eigenvalue weighted by molar-refractivity contribution is 0.284. The van der Waals surface area contributed by atoms with E-state index in [4.69, 9.17) is 5.11 Å². The van der Waals surface area contributed by atoms with E-state index in [1.807, 2.05) is 0 Å². The maximum Gasteiger partial charge on any atom is 0.0443 e. The quantitative estimate of drug-likeness (QED) is 0.470. The van der Waals surface area contributed by atoms with Crippen molar-refractivity contribution in [3.8, 4) is 0 Å². The summed E-state index contributed by atoms with van der Waals surface area (Å²) in [6.07, 6.45) is 9.12. The van der Waals surface area contributed by atoms with E-state index in [2.05, 4.69) is 17.5 Å². The molecule has 0 heterocycles. The number of allylic oxidation sites excluding steroid dienone is 1. The van der Waals surface area contributed by atoms with Gasteiger partial charge in [-0.3, -0.25) is 0 Å². The molecule has 0 saturated heterocycles. The molecule has 64 valence electrons. The van der Waals surface area contributed by atoms with Crippen molar-refractivity contribution in [2.45, 2.75) is 31.7 Å². The largest absolute Gasteiger partial charge is 0.396 e. The third-order valence-corrected chi connectivity index (χ3v) is 2.00. The number of hydrogen-bond acceptors (Lipinski definition) is 2. The zero-order valence-electron chi connectivity index (χ0n) is 6.92. The Hall–Kier alpha value is -0.340. The second kappa shape index (κ2) is 5.33. The smallest absolute Gasteiger partial charge is 0.0443 e. The van der Waals surface area contributed by atoms with Crippen LogP contribution in [-0.2, 0) is 0 Å². The van der Waals surface area contributed by atoms with Crippen LogP contribution in [0.25, 0.3) is 0 Å². The number of aliphatic hydroxyl groups is 1. The highest BCUT2D eigenvalue weighted by molar-refractivity contribution is 4.97. The molecule has 1 aliphatic carbocycles. The summed E-state index contributed by atoms with van der Waals surface area (Å²) in [5.41, 5.74) is 0. The van der Waals surface area contributed by atoms with Crippen LogP contribution in [0.3, 0.4) is 0 Å².